The summed E-state index contributed by atoms with van der Waals surface area (Å²) in [5.41, 5.74) is 0.592. The molecule has 0 heterocycles. The van der Waals surface area contributed by atoms with Gasteiger partial charge in [-0.2, -0.15) is 0 Å². The minimum absolute atomic E-state index is 0.0198. The van der Waals surface area contributed by atoms with Crippen LogP contribution in [0.5, 0.6) is 11.5 Å². The first-order valence-electron chi connectivity index (χ1n) is 6.25. The van der Waals surface area contributed by atoms with Gasteiger partial charge in [0.05, 0.1) is 14.2 Å². The number of benzene rings is 1. The highest BCUT2D eigenvalue weighted by atomic mass is 35.5. The van der Waals surface area contributed by atoms with E-state index < -0.39 is 0 Å². The summed E-state index contributed by atoms with van der Waals surface area (Å²) in [6.45, 7) is 3.27. The second kappa shape index (κ2) is 7.89. The highest BCUT2D eigenvalue weighted by molar-refractivity contribution is 6.17. The van der Waals surface area contributed by atoms with Gasteiger partial charge >= 0.3 is 0 Å². The van der Waals surface area contributed by atoms with Crippen LogP contribution >= 0.6 is 11.6 Å². The van der Waals surface area contributed by atoms with Gasteiger partial charge < -0.3 is 14.4 Å². The summed E-state index contributed by atoms with van der Waals surface area (Å²) >= 11 is 5.67. The molecule has 0 fully saturated rings. The van der Waals surface area contributed by atoms with Crippen molar-refractivity contribution in [2.75, 3.05) is 33.2 Å². The maximum absolute atomic E-state index is 12.3. The molecule has 0 aliphatic rings. The maximum atomic E-state index is 12.3. The zero-order valence-corrected chi connectivity index (χ0v) is 12.4. The first kappa shape index (κ1) is 15.6. The number of amides is 1. The quantitative estimate of drug-likeness (QED) is 0.723. The number of hydrogen-bond acceptors (Lipinski definition) is 3. The Morgan fingerprint density at radius 2 is 1.95 bits per heavy atom. The number of alkyl halides is 1. The SMILES string of the molecule is CCN(CCCCl)C(=O)c1ccc(OC)c(OC)c1. The molecule has 0 unspecified atom stereocenters. The van der Waals surface area contributed by atoms with Crippen LogP contribution < -0.4 is 9.47 Å². The van der Waals surface area contributed by atoms with E-state index in [1.54, 1.807) is 37.3 Å². The average Bonchev–Trinajstić information content (AvgIpc) is 2.46. The Hall–Kier alpha value is -1.42. The Kier molecular flexibility index (Phi) is 6.50. The standard InChI is InChI=1S/C14H20ClNO3/c1-4-16(9-5-8-15)14(17)11-6-7-12(18-2)13(10-11)19-3/h6-7,10H,4-5,8-9H2,1-3H3. The summed E-state index contributed by atoms with van der Waals surface area (Å²) in [5.74, 6) is 1.70. The van der Waals surface area contributed by atoms with Crippen molar-refractivity contribution >= 4 is 17.5 Å². The molecule has 0 saturated heterocycles. The van der Waals surface area contributed by atoms with Gasteiger partial charge in [0.2, 0.25) is 0 Å². The van der Waals surface area contributed by atoms with E-state index in [-0.39, 0.29) is 5.91 Å². The van der Waals surface area contributed by atoms with Crippen molar-refractivity contribution in [2.45, 2.75) is 13.3 Å². The monoisotopic (exact) mass is 285 g/mol. The molecule has 1 amide bonds. The fourth-order valence-electron chi connectivity index (χ4n) is 1.81. The molecule has 0 aromatic heterocycles. The van der Waals surface area contributed by atoms with E-state index in [0.717, 1.165) is 6.42 Å². The molecule has 0 aliphatic carbocycles. The van der Waals surface area contributed by atoms with Crippen molar-refractivity contribution in [2.24, 2.45) is 0 Å². The Balaban J connectivity index is 2.91. The minimum Gasteiger partial charge on any atom is -0.493 e. The summed E-state index contributed by atoms with van der Waals surface area (Å²) in [7, 11) is 3.12. The van der Waals surface area contributed by atoms with Crippen LogP contribution in [0.3, 0.4) is 0 Å². The van der Waals surface area contributed by atoms with E-state index in [0.29, 0.717) is 36.0 Å². The van der Waals surface area contributed by atoms with Crippen LogP contribution in [-0.4, -0.2) is 44.0 Å². The summed E-state index contributed by atoms with van der Waals surface area (Å²) in [6, 6.07) is 5.18. The van der Waals surface area contributed by atoms with Gasteiger partial charge in [-0.3, -0.25) is 4.79 Å². The number of rotatable bonds is 7. The normalized spacial score (nSPS) is 10.1. The fourth-order valence-corrected chi connectivity index (χ4v) is 1.93. The molecule has 0 saturated carbocycles. The van der Waals surface area contributed by atoms with Crippen LogP contribution in [0.25, 0.3) is 0 Å². The van der Waals surface area contributed by atoms with E-state index in [4.69, 9.17) is 21.1 Å². The second-order valence-electron chi connectivity index (χ2n) is 4.00. The molecule has 1 aromatic rings. The van der Waals surface area contributed by atoms with Crippen LogP contribution in [0.15, 0.2) is 18.2 Å². The smallest absolute Gasteiger partial charge is 0.253 e. The van der Waals surface area contributed by atoms with Crippen LogP contribution in [-0.2, 0) is 0 Å². The topological polar surface area (TPSA) is 38.8 Å². The molecule has 5 heteroatoms. The molecule has 0 atom stereocenters. The van der Waals surface area contributed by atoms with Crippen LogP contribution in [0.4, 0.5) is 0 Å². The molecule has 4 nitrogen and oxygen atoms in total. The number of halogens is 1. The lowest BCUT2D eigenvalue weighted by atomic mass is 10.1. The van der Waals surface area contributed by atoms with Gasteiger partial charge in [-0.1, -0.05) is 0 Å². The van der Waals surface area contributed by atoms with Gasteiger partial charge in [-0.05, 0) is 31.5 Å². The molecule has 0 N–H and O–H groups in total. The lowest BCUT2D eigenvalue weighted by Crippen LogP contribution is -2.32. The zero-order chi connectivity index (χ0) is 14.3. The molecule has 0 radical (unpaired) electrons. The molecular weight excluding hydrogens is 266 g/mol. The van der Waals surface area contributed by atoms with Crippen LogP contribution in [0.1, 0.15) is 23.7 Å². The highest BCUT2D eigenvalue weighted by Crippen LogP contribution is 2.28. The van der Waals surface area contributed by atoms with E-state index in [2.05, 4.69) is 0 Å². The van der Waals surface area contributed by atoms with Gasteiger partial charge in [0.25, 0.3) is 5.91 Å². The summed E-state index contributed by atoms with van der Waals surface area (Å²) in [4.78, 5) is 14.1. The van der Waals surface area contributed by atoms with Gasteiger partial charge in [0.15, 0.2) is 11.5 Å². The van der Waals surface area contributed by atoms with Crippen molar-refractivity contribution in [3.63, 3.8) is 0 Å². The molecule has 0 spiro atoms. The molecule has 1 rings (SSSR count). The largest absolute Gasteiger partial charge is 0.493 e. The highest BCUT2D eigenvalue weighted by Gasteiger charge is 2.16. The van der Waals surface area contributed by atoms with Crippen molar-refractivity contribution in [1.82, 2.24) is 4.90 Å². The number of methoxy groups -OCH3 is 2. The maximum Gasteiger partial charge on any atom is 0.253 e. The summed E-state index contributed by atoms with van der Waals surface area (Å²) in [6.07, 6.45) is 0.786. The Morgan fingerprint density at radius 3 is 2.47 bits per heavy atom. The number of nitrogens with zero attached hydrogens (tertiary/aromatic N) is 1. The molecule has 1 aromatic carbocycles. The summed E-state index contributed by atoms with van der Waals surface area (Å²) < 4.78 is 10.4. The van der Waals surface area contributed by atoms with Gasteiger partial charge in [-0.15, -0.1) is 11.6 Å². The average molecular weight is 286 g/mol. The van der Waals surface area contributed by atoms with E-state index >= 15 is 0 Å². The number of hydrogen-bond donors (Lipinski definition) is 0. The third-order valence-corrected chi connectivity index (χ3v) is 3.13. The zero-order valence-electron chi connectivity index (χ0n) is 11.6. The molecule has 0 aliphatic heterocycles. The predicted octanol–water partition coefficient (Wildman–Crippen LogP) is 2.79. The van der Waals surface area contributed by atoms with Gasteiger partial charge in [0.1, 0.15) is 0 Å². The van der Waals surface area contributed by atoms with E-state index in [1.807, 2.05) is 6.92 Å². The lowest BCUT2D eigenvalue weighted by molar-refractivity contribution is 0.0764. The number of carbonyl (C=O) groups excluding carboxylic acids is 1. The molecule has 0 bridgehead atoms. The lowest BCUT2D eigenvalue weighted by Gasteiger charge is -2.21. The van der Waals surface area contributed by atoms with E-state index in [9.17, 15) is 4.79 Å². The number of ether oxygens (including phenoxy) is 2. The van der Waals surface area contributed by atoms with Gasteiger partial charge in [0, 0.05) is 24.5 Å². The fraction of sp³-hybridized carbons (Fsp3) is 0.500. The minimum atomic E-state index is -0.0198. The van der Waals surface area contributed by atoms with Gasteiger partial charge in [-0.25, -0.2) is 0 Å². The molecule has 106 valence electrons. The predicted molar refractivity (Wildman–Crippen MR) is 76.5 cm³/mol. The van der Waals surface area contributed by atoms with Crippen LogP contribution in [0, 0.1) is 0 Å². The van der Waals surface area contributed by atoms with Crippen molar-refractivity contribution < 1.29 is 14.3 Å². The van der Waals surface area contributed by atoms with Crippen molar-refractivity contribution in [1.29, 1.82) is 0 Å². The van der Waals surface area contributed by atoms with E-state index in [1.165, 1.54) is 0 Å². The molecular formula is C14H20ClNO3. The second-order valence-corrected chi connectivity index (χ2v) is 4.38. The van der Waals surface area contributed by atoms with Crippen molar-refractivity contribution in [3.05, 3.63) is 23.8 Å². The Bertz CT molecular complexity index is 423. The Labute approximate surface area is 119 Å². The third kappa shape index (κ3) is 4.03. The Morgan fingerprint density at radius 1 is 1.26 bits per heavy atom. The number of carbonyl (C=O) groups is 1. The third-order valence-electron chi connectivity index (χ3n) is 2.86. The first-order chi connectivity index (χ1) is 9.17. The molecule has 19 heavy (non-hydrogen) atoms. The summed E-state index contributed by atoms with van der Waals surface area (Å²) in [5, 5.41) is 0. The van der Waals surface area contributed by atoms with Crippen molar-refractivity contribution in [3.8, 4) is 11.5 Å². The van der Waals surface area contributed by atoms with Crippen LogP contribution in [0.2, 0.25) is 0 Å². The first-order valence-corrected chi connectivity index (χ1v) is 6.78.